The van der Waals surface area contributed by atoms with Gasteiger partial charge in [-0.25, -0.2) is 0 Å². The molecule has 2 aromatic rings. The molecular formula is C18H28N2S2. The summed E-state index contributed by atoms with van der Waals surface area (Å²) in [5.74, 6) is 0. The first-order chi connectivity index (χ1) is 10.8. The van der Waals surface area contributed by atoms with E-state index in [-0.39, 0.29) is 0 Å². The number of hydrogen-bond donors (Lipinski definition) is 2. The van der Waals surface area contributed by atoms with Crippen LogP contribution in [0.5, 0.6) is 0 Å². The molecule has 2 nitrogen and oxygen atoms in total. The molecule has 0 amide bonds. The van der Waals surface area contributed by atoms with E-state index < -0.39 is 0 Å². The molecule has 2 aromatic heterocycles. The second-order valence-corrected chi connectivity index (χ2v) is 8.23. The van der Waals surface area contributed by atoms with Crippen molar-refractivity contribution in [1.82, 2.24) is 0 Å². The van der Waals surface area contributed by atoms with Crippen molar-refractivity contribution >= 4 is 22.7 Å². The van der Waals surface area contributed by atoms with Gasteiger partial charge in [0, 0.05) is 19.5 Å². The first kappa shape index (κ1) is 17.7. The number of hydrogen-bond acceptors (Lipinski definition) is 4. The fourth-order valence-electron chi connectivity index (χ4n) is 2.53. The molecule has 0 aliphatic heterocycles. The molecule has 0 unspecified atom stereocenters. The number of nitrogens with two attached hydrogens (primary N) is 2. The first-order valence-electron chi connectivity index (χ1n) is 8.37. The van der Waals surface area contributed by atoms with Crippen molar-refractivity contribution in [2.75, 3.05) is 13.1 Å². The SMILES string of the molecule is NCCCc1ccc(CCCCc2ccc(CCCN)s2)s1. The Morgan fingerprint density at radius 3 is 1.18 bits per heavy atom. The van der Waals surface area contributed by atoms with E-state index in [1.807, 2.05) is 22.7 Å². The van der Waals surface area contributed by atoms with Crippen LogP contribution in [0.4, 0.5) is 0 Å². The Morgan fingerprint density at radius 1 is 0.545 bits per heavy atom. The quantitative estimate of drug-likeness (QED) is 0.605. The molecule has 0 spiro atoms. The lowest BCUT2D eigenvalue weighted by Crippen LogP contribution is -1.99. The van der Waals surface area contributed by atoms with Gasteiger partial charge >= 0.3 is 0 Å². The summed E-state index contributed by atoms with van der Waals surface area (Å²) in [4.78, 5) is 6.04. The van der Waals surface area contributed by atoms with Gasteiger partial charge in [0.15, 0.2) is 0 Å². The second kappa shape index (κ2) is 10.2. The standard InChI is InChI=1S/C18H28N2S2/c19-13-3-7-17-11-9-15(21-17)5-1-2-6-16-10-12-18(22-16)8-4-14-20/h9-12H,1-8,13-14,19-20H2. The maximum atomic E-state index is 5.56. The molecule has 0 saturated heterocycles. The van der Waals surface area contributed by atoms with Gasteiger partial charge in [-0.3, -0.25) is 0 Å². The molecule has 0 atom stereocenters. The minimum Gasteiger partial charge on any atom is -0.330 e. The molecule has 22 heavy (non-hydrogen) atoms. The summed E-state index contributed by atoms with van der Waals surface area (Å²) in [5.41, 5.74) is 11.1. The molecular weight excluding hydrogens is 308 g/mol. The second-order valence-electron chi connectivity index (χ2n) is 5.73. The van der Waals surface area contributed by atoms with E-state index in [2.05, 4.69) is 24.3 Å². The Balaban J connectivity index is 1.64. The van der Waals surface area contributed by atoms with Crippen molar-refractivity contribution in [2.24, 2.45) is 11.5 Å². The molecule has 2 rings (SSSR count). The highest BCUT2D eigenvalue weighted by atomic mass is 32.1. The number of thiophene rings is 2. The minimum absolute atomic E-state index is 0.793. The summed E-state index contributed by atoms with van der Waals surface area (Å²) in [6.45, 7) is 1.59. The zero-order chi connectivity index (χ0) is 15.6. The Morgan fingerprint density at radius 2 is 0.864 bits per heavy atom. The van der Waals surface area contributed by atoms with E-state index in [4.69, 9.17) is 11.5 Å². The van der Waals surface area contributed by atoms with E-state index in [1.54, 1.807) is 0 Å². The van der Waals surface area contributed by atoms with Crippen LogP contribution in [0.15, 0.2) is 24.3 Å². The van der Waals surface area contributed by atoms with Crippen molar-refractivity contribution in [3.8, 4) is 0 Å². The predicted molar refractivity (Wildman–Crippen MR) is 100 cm³/mol. The molecule has 0 saturated carbocycles. The van der Waals surface area contributed by atoms with Crippen molar-refractivity contribution < 1.29 is 0 Å². The monoisotopic (exact) mass is 336 g/mol. The average Bonchev–Trinajstić information content (AvgIpc) is 3.17. The van der Waals surface area contributed by atoms with E-state index >= 15 is 0 Å². The number of rotatable bonds is 11. The highest BCUT2D eigenvalue weighted by Gasteiger charge is 2.03. The average molecular weight is 337 g/mol. The normalized spacial score (nSPS) is 11.2. The summed E-state index contributed by atoms with van der Waals surface area (Å²) < 4.78 is 0. The summed E-state index contributed by atoms with van der Waals surface area (Å²) in [5, 5.41) is 0. The summed E-state index contributed by atoms with van der Waals surface area (Å²) in [6, 6.07) is 9.15. The molecule has 122 valence electrons. The van der Waals surface area contributed by atoms with Gasteiger partial charge in [-0.15, -0.1) is 22.7 Å². The van der Waals surface area contributed by atoms with Crippen LogP contribution in [0.1, 0.15) is 45.2 Å². The number of aryl methyl sites for hydroxylation is 4. The minimum atomic E-state index is 0.793. The maximum absolute atomic E-state index is 5.56. The fourth-order valence-corrected chi connectivity index (χ4v) is 4.74. The van der Waals surface area contributed by atoms with Gasteiger partial charge in [-0.05, 0) is 88.7 Å². The van der Waals surface area contributed by atoms with Crippen molar-refractivity contribution in [2.45, 2.75) is 51.4 Å². The van der Waals surface area contributed by atoms with Crippen LogP contribution in [0.2, 0.25) is 0 Å². The molecule has 0 fully saturated rings. The molecule has 4 N–H and O–H groups in total. The lowest BCUT2D eigenvalue weighted by atomic mass is 10.1. The van der Waals surface area contributed by atoms with Gasteiger partial charge in [0.25, 0.3) is 0 Å². The summed E-state index contributed by atoms with van der Waals surface area (Å²) in [6.07, 6.45) is 9.50. The van der Waals surface area contributed by atoms with Gasteiger partial charge in [0.05, 0.1) is 0 Å². The maximum Gasteiger partial charge on any atom is 0.00486 e. The highest BCUT2D eigenvalue weighted by Crippen LogP contribution is 2.22. The zero-order valence-corrected chi connectivity index (χ0v) is 15.0. The molecule has 0 aromatic carbocycles. The Labute approximate surface area is 142 Å². The molecule has 2 heterocycles. The molecule has 0 radical (unpaired) electrons. The largest absolute Gasteiger partial charge is 0.330 e. The fraction of sp³-hybridized carbons (Fsp3) is 0.556. The van der Waals surface area contributed by atoms with E-state index in [9.17, 15) is 0 Å². The van der Waals surface area contributed by atoms with Crippen LogP contribution >= 0.6 is 22.7 Å². The van der Waals surface area contributed by atoms with Crippen molar-refractivity contribution in [1.29, 1.82) is 0 Å². The molecule has 0 bridgehead atoms. The zero-order valence-electron chi connectivity index (χ0n) is 13.4. The smallest absolute Gasteiger partial charge is 0.00486 e. The molecule has 4 heteroatoms. The number of unbranched alkanes of at least 4 members (excludes halogenated alkanes) is 1. The van der Waals surface area contributed by atoms with Crippen LogP contribution in [-0.2, 0) is 25.7 Å². The highest BCUT2D eigenvalue weighted by molar-refractivity contribution is 7.12. The Hall–Kier alpha value is -0.680. The van der Waals surface area contributed by atoms with Crippen LogP contribution < -0.4 is 11.5 Å². The molecule has 0 aliphatic rings. The van der Waals surface area contributed by atoms with Crippen LogP contribution in [0.25, 0.3) is 0 Å². The summed E-state index contributed by atoms with van der Waals surface area (Å²) in [7, 11) is 0. The van der Waals surface area contributed by atoms with E-state index in [0.717, 1.165) is 38.8 Å². The van der Waals surface area contributed by atoms with E-state index in [1.165, 1.54) is 45.2 Å². The van der Waals surface area contributed by atoms with Crippen LogP contribution in [0, 0.1) is 0 Å². The third kappa shape index (κ3) is 6.21. The Kier molecular flexibility index (Phi) is 8.16. The van der Waals surface area contributed by atoms with Gasteiger partial charge in [-0.2, -0.15) is 0 Å². The summed E-state index contributed by atoms with van der Waals surface area (Å²) >= 11 is 3.93. The molecule has 0 aliphatic carbocycles. The topological polar surface area (TPSA) is 52.0 Å². The predicted octanol–water partition coefficient (Wildman–Crippen LogP) is 4.16. The van der Waals surface area contributed by atoms with Gasteiger partial charge in [-0.1, -0.05) is 0 Å². The lowest BCUT2D eigenvalue weighted by molar-refractivity contribution is 0.746. The van der Waals surface area contributed by atoms with Crippen molar-refractivity contribution in [3.05, 3.63) is 43.8 Å². The lowest BCUT2D eigenvalue weighted by Gasteiger charge is -1.99. The third-order valence-corrected chi connectivity index (χ3v) is 6.20. The third-order valence-electron chi connectivity index (χ3n) is 3.79. The Bertz CT molecular complexity index is 482. The van der Waals surface area contributed by atoms with Crippen molar-refractivity contribution in [3.63, 3.8) is 0 Å². The first-order valence-corrected chi connectivity index (χ1v) is 10.0. The van der Waals surface area contributed by atoms with Gasteiger partial charge in [0.2, 0.25) is 0 Å². The van der Waals surface area contributed by atoms with Crippen LogP contribution in [0.3, 0.4) is 0 Å². The van der Waals surface area contributed by atoms with Gasteiger partial charge in [0.1, 0.15) is 0 Å². The van der Waals surface area contributed by atoms with Gasteiger partial charge < -0.3 is 11.5 Å². The van der Waals surface area contributed by atoms with E-state index in [0.29, 0.717) is 0 Å². The van der Waals surface area contributed by atoms with Crippen LogP contribution in [-0.4, -0.2) is 13.1 Å².